The van der Waals surface area contributed by atoms with Gasteiger partial charge in [0.15, 0.2) is 0 Å². The summed E-state index contributed by atoms with van der Waals surface area (Å²) >= 11 is 0. The Kier molecular flexibility index (Phi) is 10.1. The molecule has 0 radical (unpaired) electrons. The lowest BCUT2D eigenvalue weighted by Gasteiger charge is -2.36. The van der Waals surface area contributed by atoms with Crippen LogP contribution in [-0.2, 0) is 11.1 Å². The Balaban J connectivity index is 0.991. The minimum Gasteiger partial charge on any atom is -0.330 e. The van der Waals surface area contributed by atoms with Gasteiger partial charge in [0, 0.05) is 76.5 Å². The minimum absolute atomic E-state index is 0.277. The third-order valence-electron chi connectivity index (χ3n) is 17.3. The van der Waals surface area contributed by atoms with Crippen LogP contribution in [0, 0.1) is 0 Å². The summed E-state index contributed by atoms with van der Waals surface area (Å²) in [6, 6.07) is 86.6. The van der Waals surface area contributed by atoms with Gasteiger partial charge in [-0.25, -0.2) is 0 Å². The van der Waals surface area contributed by atoms with Crippen LogP contribution in [0.25, 0.3) is 110 Å². The monoisotopic (exact) mass is 954 g/mol. The van der Waals surface area contributed by atoms with Gasteiger partial charge in [0.2, 0.25) is 0 Å². The Hall–Kier alpha value is -8.60. The minimum atomic E-state index is -0.277. The average Bonchev–Trinajstić information content (AvgIpc) is 4.20. The molecule has 0 aliphatic heterocycles. The van der Waals surface area contributed by atoms with E-state index in [0.717, 1.165) is 37.1 Å². The highest BCUT2D eigenvalue weighted by molar-refractivity contribution is 6.14. The maximum atomic E-state index is 2.65. The number of nitrogens with zero attached hydrogens (tertiary/aromatic N) is 4. The highest BCUT2D eigenvalue weighted by Crippen LogP contribution is 2.47. The largest absolute Gasteiger partial charge is 0.330 e. The van der Waals surface area contributed by atoms with Crippen LogP contribution in [0.1, 0.15) is 64.5 Å². The normalized spacial score (nSPS) is 12.5. The van der Waals surface area contributed by atoms with E-state index in [1.165, 1.54) is 109 Å². The molecule has 0 fully saturated rings. The molecule has 0 bridgehead atoms. The molecule has 0 N–H and O–H groups in total. The van der Waals surface area contributed by atoms with Gasteiger partial charge in [-0.15, -0.1) is 0 Å². The first-order valence-electron chi connectivity index (χ1n) is 26.8. The lowest BCUT2D eigenvalue weighted by atomic mass is 9.83. The maximum absolute atomic E-state index is 2.65. The number of rotatable bonds is 11. The van der Waals surface area contributed by atoms with Crippen molar-refractivity contribution in [2.24, 2.45) is 0 Å². The molecule has 14 aromatic rings. The molecule has 0 saturated heterocycles. The topological polar surface area (TPSA) is 19.7 Å². The molecule has 0 aliphatic carbocycles. The highest BCUT2D eigenvalue weighted by Gasteiger charge is 2.36. The predicted molar refractivity (Wildman–Crippen MR) is 315 cm³/mol. The van der Waals surface area contributed by atoms with Crippen LogP contribution >= 0.6 is 0 Å². The van der Waals surface area contributed by atoms with Crippen LogP contribution < -0.4 is 0 Å². The number of para-hydroxylation sites is 6. The van der Waals surface area contributed by atoms with Crippen LogP contribution in [0.3, 0.4) is 0 Å². The molecular formula is C70H58N4. The molecule has 0 unspecified atom stereocenters. The van der Waals surface area contributed by atoms with Crippen LogP contribution in [0.2, 0.25) is 0 Å². The van der Waals surface area contributed by atoms with E-state index in [9.17, 15) is 0 Å². The summed E-state index contributed by atoms with van der Waals surface area (Å²) in [5.41, 5.74) is 16.8. The first kappa shape index (κ1) is 44.1. The second-order valence-electron chi connectivity index (χ2n) is 20.5. The first-order chi connectivity index (χ1) is 36.5. The van der Waals surface area contributed by atoms with Gasteiger partial charge in [0.1, 0.15) is 0 Å². The zero-order chi connectivity index (χ0) is 49.7. The standard InChI is InChI=1S/C70H58N4/c1-5-69(6-2,73-65-31-19-15-27-53(65)54-28-16-20-32-66(54)73)49-37-41-63-59(45-49)57-43-47(35-39-61(57)71(63)51-23-11-9-12-24-51)48-36-40-62-58(44-48)60-46-50(38-42-64(60)72(62)52-25-13-10-14-26-52)70(7-3,8-4)74-67-33-21-17-29-55(67)56-30-18-22-34-68(56)74/h9-46H,5-8H2,1-4H3. The smallest absolute Gasteiger partial charge is 0.0697 e. The summed E-state index contributed by atoms with van der Waals surface area (Å²) in [7, 11) is 0. The van der Waals surface area contributed by atoms with Gasteiger partial charge in [-0.05, 0) is 145 Å². The molecule has 14 rings (SSSR count). The van der Waals surface area contributed by atoms with Crippen molar-refractivity contribution in [3.8, 4) is 22.5 Å². The number of hydrogen-bond donors (Lipinski definition) is 0. The SMILES string of the molecule is CCC(CC)(c1ccc2c(c1)c1cc(-c3ccc4c(c3)c3cc(C(CC)(CC)n5c6ccccc6c6ccccc65)ccc3n4-c3ccccc3)ccc1n2-c1ccccc1)n1c2ccccc2c2ccccc21. The van der Waals surface area contributed by atoms with E-state index in [4.69, 9.17) is 0 Å². The van der Waals surface area contributed by atoms with E-state index in [2.05, 4.69) is 276 Å². The summed E-state index contributed by atoms with van der Waals surface area (Å²) in [4.78, 5) is 0. The van der Waals surface area contributed by atoms with E-state index in [1.807, 2.05) is 0 Å². The molecule has 4 heteroatoms. The van der Waals surface area contributed by atoms with Crippen molar-refractivity contribution in [2.75, 3.05) is 0 Å². The Bertz CT molecular complexity index is 4080. The van der Waals surface area contributed by atoms with Gasteiger partial charge in [0.05, 0.1) is 33.1 Å². The van der Waals surface area contributed by atoms with Crippen LogP contribution in [0.4, 0.5) is 0 Å². The molecule has 4 nitrogen and oxygen atoms in total. The molecule has 0 spiro atoms. The fraction of sp³-hybridized carbons (Fsp3) is 0.143. The lowest BCUT2D eigenvalue weighted by Crippen LogP contribution is -2.33. The van der Waals surface area contributed by atoms with E-state index in [0.29, 0.717) is 0 Å². The molecule has 0 amide bonds. The van der Waals surface area contributed by atoms with Crippen molar-refractivity contribution in [1.82, 2.24) is 18.3 Å². The Labute approximate surface area is 431 Å². The number of fused-ring (bicyclic) bond motifs is 12. The molecule has 0 aliphatic rings. The lowest BCUT2D eigenvalue weighted by molar-refractivity contribution is 0.349. The van der Waals surface area contributed by atoms with Gasteiger partial charge in [-0.2, -0.15) is 0 Å². The highest BCUT2D eigenvalue weighted by atomic mass is 15.1. The molecule has 0 saturated carbocycles. The summed E-state index contributed by atoms with van der Waals surface area (Å²) in [6.45, 7) is 9.47. The second-order valence-corrected chi connectivity index (χ2v) is 20.5. The Morgan fingerprint density at radius 1 is 0.257 bits per heavy atom. The number of hydrogen-bond acceptors (Lipinski definition) is 0. The fourth-order valence-corrected chi connectivity index (χ4v) is 13.7. The second kappa shape index (κ2) is 17.0. The summed E-state index contributed by atoms with van der Waals surface area (Å²) in [5.74, 6) is 0. The van der Waals surface area contributed by atoms with E-state index >= 15 is 0 Å². The van der Waals surface area contributed by atoms with Gasteiger partial charge in [-0.3, -0.25) is 0 Å². The maximum Gasteiger partial charge on any atom is 0.0697 e. The molecule has 74 heavy (non-hydrogen) atoms. The summed E-state index contributed by atoms with van der Waals surface area (Å²) in [5, 5.41) is 10.3. The van der Waals surface area contributed by atoms with Gasteiger partial charge < -0.3 is 18.3 Å². The zero-order valence-electron chi connectivity index (χ0n) is 42.6. The predicted octanol–water partition coefficient (Wildman–Crippen LogP) is 18.9. The molecule has 0 atom stereocenters. The van der Waals surface area contributed by atoms with Crippen LogP contribution in [-0.4, -0.2) is 18.3 Å². The molecule has 4 heterocycles. The van der Waals surface area contributed by atoms with Crippen molar-refractivity contribution in [3.63, 3.8) is 0 Å². The third-order valence-corrected chi connectivity index (χ3v) is 17.3. The summed E-state index contributed by atoms with van der Waals surface area (Å²) < 4.78 is 10.2. The number of aromatic nitrogens is 4. The molecule has 4 aromatic heterocycles. The average molecular weight is 955 g/mol. The quantitative estimate of drug-likeness (QED) is 0.123. The van der Waals surface area contributed by atoms with Crippen molar-refractivity contribution in [1.29, 1.82) is 0 Å². The molecular weight excluding hydrogens is 897 g/mol. The van der Waals surface area contributed by atoms with Crippen LogP contribution in [0.15, 0.2) is 231 Å². The van der Waals surface area contributed by atoms with Gasteiger partial charge in [0.25, 0.3) is 0 Å². The Morgan fingerprint density at radius 2 is 0.541 bits per heavy atom. The zero-order valence-corrected chi connectivity index (χ0v) is 42.6. The van der Waals surface area contributed by atoms with E-state index in [1.54, 1.807) is 0 Å². The first-order valence-corrected chi connectivity index (χ1v) is 26.8. The van der Waals surface area contributed by atoms with Crippen molar-refractivity contribution in [3.05, 3.63) is 242 Å². The van der Waals surface area contributed by atoms with Crippen molar-refractivity contribution >= 4 is 87.2 Å². The number of benzene rings is 10. The molecule has 10 aromatic carbocycles. The van der Waals surface area contributed by atoms with Crippen molar-refractivity contribution in [2.45, 2.75) is 64.5 Å². The summed E-state index contributed by atoms with van der Waals surface area (Å²) in [6.07, 6.45) is 3.81. The third kappa shape index (κ3) is 6.21. The van der Waals surface area contributed by atoms with Gasteiger partial charge >= 0.3 is 0 Å². The molecule has 358 valence electrons. The Morgan fingerprint density at radius 3 is 0.865 bits per heavy atom. The van der Waals surface area contributed by atoms with Crippen molar-refractivity contribution < 1.29 is 0 Å². The van der Waals surface area contributed by atoms with Gasteiger partial charge in [-0.1, -0.05) is 161 Å². The van der Waals surface area contributed by atoms with E-state index in [-0.39, 0.29) is 11.1 Å². The van der Waals surface area contributed by atoms with E-state index < -0.39 is 0 Å². The fourth-order valence-electron chi connectivity index (χ4n) is 13.7. The van der Waals surface area contributed by atoms with Crippen LogP contribution in [0.5, 0.6) is 0 Å².